The van der Waals surface area contributed by atoms with Crippen LogP contribution in [-0.4, -0.2) is 40.6 Å². The van der Waals surface area contributed by atoms with E-state index in [1.54, 1.807) is 18.3 Å². The third kappa shape index (κ3) is 3.15. The number of carbonyl (C=O) groups is 2. The van der Waals surface area contributed by atoms with E-state index in [2.05, 4.69) is 21.2 Å². The Morgan fingerprint density at radius 2 is 2.30 bits per heavy atom. The number of nitrogens with one attached hydrogen (secondary N) is 1. The highest BCUT2D eigenvalue weighted by molar-refractivity contribution is 9.11. The first-order chi connectivity index (χ1) is 9.43. The number of rotatable bonds is 4. The second-order valence-corrected chi connectivity index (χ2v) is 7.57. The molecule has 7 heteroatoms. The fourth-order valence-electron chi connectivity index (χ4n) is 2.39. The van der Waals surface area contributed by atoms with Gasteiger partial charge in [-0.2, -0.15) is 0 Å². The molecular formula is C13H17BrN2O3S. The molecule has 20 heavy (non-hydrogen) atoms. The normalized spacial score (nSPS) is 22.0. The average molecular weight is 361 g/mol. The molecular weight excluding hydrogens is 344 g/mol. The largest absolute Gasteiger partial charge is 0.480 e. The van der Waals surface area contributed by atoms with Crippen LogP contribution in [0.1, 0.15) is 24.6 Å². The van der Waals surface area contributed by atoms with Crippen LogP contribution >= 0.6 is 27.3 Å². The summed E-state index contributed by atoms with van der Waals surface area (Å²) in [6, 6.07) is 3.70. The molecule has 5 nitrogen and oxygen atoms in total. The molecule has 1 aromatic rings. The molecule has 1 atom stereocenters. The van der Waals surface area contributed by atoms with Gasteiger partial charge < -0.3 is 15.3 Å². The Labute approximate surface area is 130 Å². The number of urea groups is 1. The van der Waals surface area contributed by atoms with E-state index in [0.717, 1.165) is 16.6 Å². The maximum absolute atomic E-state index is 12.1. The summed E-state index contributed by atoms with van der Waals surface area (Å²) in [6.45, 7) is 2.62. The smallest absolute Gasteiger partial charge is 0.329 e. The van der Waals surface area contributed by atoms with Gasteiger partial charge in [-0.1, -0.05) is 0 Å². The van der Waals surface area contributed by atoms with Crippen LogP contribution in [0, 0.1) is 0 Å². The minimum Gasteiger partial charge on any atom is -0.480 e. The number of nitrogens with zero attached hydrogens (tertiary/aromatic N) is 1. The summed E-state index contributed by atoms with van der Waals surface area (Å²) in [5.41, 5.74) is -1.07. The van der Waals surface area contributed by atoms with Gasteiger partial charge in [0.1, 0.15) is 5.54 Å². The van der Waals surface area contributed by atoms with Crippen molar-refractivity contribution >= 4 is 39.3 Å². The lowest BCUT2D eigenvalue weighted by Gasteiger charge is -2.31. The summed E-state index contributed by atoms with van der Waals surface area (Å²) in [5, 5.41) is 12.1. The van der Waals surface area contributed by atoms with E-state index in [1.165, 1.54) is 9.78 Å². The van der Waals surface area contributed by atoms with Gasteiger partial charge >= 0.3 is 12.0 Å². The maximum atomic E-state index is 12.1. The van der Waals surface area contributed by atoms with E-state index in [9.17, 15) is 14.7 Å². The fourth-order valence-corrected chi connectivity index (χ4v) is 3.87. The van der Waals surface area contributed by atoms with Crippen LogP contribution in [0.5, 0.6) is 0 Å². The monoisotopic (exact) mass is 360 g/mol. The second kappa shape index (κ2) is 6.13. The Bertz CT molecular complexity index is 519. The van der Waals surface area contributed by atoms with Crippen molar-refractivity contribution in [1.29, 1.82) is 0 Å². The Morgan fingerprint density at radius 1 is 1.55 bits per heavy atom. The summed E-state index contributed by atoms with van der Waals surface area (Å²) >= 11 is 5.03. The highest BCUT2D eigenvalue weighted by Crippen LogP contribution is 2.29. The molecule has 2 rings (SSSR count). The minimum absolute atomic E-state index is 0.289. The molecule has 1 unspecified atom stereocenters. The topological polar surface area (TPSA) is 69.6 Å². The number of carbonyl (C=O) groups excluding carboxylic acids is 1. The average Bonchev–Trinajstić information content (AvgIpc) is 2.96. The Kier molecular flexibility index (Phi) is 4.70. The van der Waals surface area contributed by atoms with E-state index in [1.807, 2.05) is 12.1 Å². The van der Waals surface area contributed by atoms with E-state index in [-0.39, 0.29) is 6.03 Å². The molecule has 0 bridgehead atoms. The van der Waals surface area contributed by atoms with Gasteiger partial charge in [0.25, 0.3) is 0 Å². The molecule has 1 aliphatic rings. The number of halogens is 1. The summed E-state index contributed by atoms with van der Waals surface area (Å²) in [5.74, 6) is -0.938. The third-order valence-corrected chi connectivity index (χ3v) is 5.31. The van der Waals surface area contributed by atoms with E-state index in [0.29, 0.717) is 19.5 Å². The van der Waals surface area contributed by atoms with Crippen molar-refractivity contribution in [1.82, 2.24) is 10.2 Å². The summed E-state index contributed by atoms with van der Waals surface area (Å²) in [6.07, 6.45) is 1.99. The van der Waals surface area contributed by atoms with Crippen molar-refractivity contribution in [2.24, 2.45) is 0 Å². The van der Waals surface area contributed by atoms with Gasteiger partial charge in [-0.15, -0.1) is 11.3 Å². The SMILES string of the molecule is CC1(C(=O)O)CCCN1C(=O)NCCc1ccc(Br)s1. The second-order valence-electron chi connectivity index (χ2n) is 5.02. The van der Waals surface area contributed by atoms with Crippen molar-refractivity contribution in [2.45, 2.75) is 31.7 Å². The Hall–Kier alpha value is -1.08. The first kappa shape index (κ1) is 15.3. The molecule has 2 N–H and O–H groups in total. The van der Waals surface area contributed by atoms with Gasteiger partial charge in [0.15, 0.2) is 0 Å². The number of carboxylic acids is 1. The summed E-state index contributed by atoms with van der Waals surface area (Å²) in [7, 11) is 0. The molecule has 110 valence electrons. The molecule has 2 amide bonds. The molecule has 0 saturated carbocycles. The molecule has 1 saturated heterocycles. The number of aliphatic carboxylic acids is 1. The van der Waals surface area contributed by atoms with Crippen molar-refractivity contribution in [3.8, 4) is 0 Å². The number of amides is 2. The van der Waals surface area contributed by atoms with Gasteiger partial charge in [0, 0.05) is 18.0 Å². The standard InChI is InChI=1S/C13H17BrN2O3S/c1-13(11(17)18)6-2-8-16(13)12(19)15-7-5-9-3-4-10(14)20-9/h3-4H,2,5-8H2,1H3,(H,15,19)(H,17,18). The minimum atomic E-state index is -1.07. The Balaban J connectivity index is 1.87. The van der Waals surface area contributed by atoms with Crippen LogP contribution in [0.2, 0.25) is 0 Å². The van der Waals surface area contributed by atoms with Gasteiger partial charge in [0.05, 0.1) is 3.79 Å². The predicted octanol–water partition coefficient (Wildman–Crippen LogP) is 2.70. The van der Waals surface area contributed by atoms with Crippen molar-refractivity contribution in [3.05, 3.63) is 20.8 Å². The van der Waals surface area contributed by atoms with Crippen LogP contribution in [0.25, 0.3) is 0 Å². The van der Waals surface area contributed by atoms with Gasteiger partial charge in [-0.05, 0) is 54.2 Å². The molecule has 1 aromatic heterocycles. The zero-order chi connectivity index (χ0) is 14.8. The highest BCUT2D eigenvalue weighted by atomic mass is 79.9. The van der Waals surface area contributed by atoms with Crippen molar-refractivity contribution in [3.63, 3.8) is 0 Å². The summed E-state index contributed by atoms with van der Waals surface area (Å²) in [4.78, 5) is 26.0. The van der Waals surface area contributed by atoms with Crippen LogP contribution < -0.4 is 5.32 Å². The number of carboxylic acid groups (broad SMARTS) is 1. The molecule has 0 radical (unpaired) electrons. The van der Waals surface area contributed by atoms with E-state index < -0.39 is 11.5 Å². The third-order valence-electron chi connectivity index (χ3n) is 3.62. The molecule has 0 spiro atoms. The number of hydrogen-bond donors (Lipinski definition) is 2. The van der Waals surface area contributed by atoms with Gasteiger partial charge in [-0.3, -0.25) is 0 Å². The highest BCUT2D eigenvalue weighted by Gasteiger charge is 2.45. The van der Waals surface area contributed by atoms with E-state index >= 15 is 0 Å². The van der Waals surface area contributed by atoms with Crippen LogP contribution in [0.4, 0.5) is 4.79 Å². The molecule has 0 aromatic carbocycles. The van der Waals surface area contributed by atoms with Gasteiger partial charge in [-0.25, -0.2) is 9.59 Å². The number of thiophene rings is 1. The van der Waals surface area contributed by atoms with Crippen molar-refractivity contribution < 1.29 is 14.7 Å². The van der Waals surface area contributed by atoms with Crippen molar-refractivity contribution in [2.75, 3.05) is 13.1 Å². The first-order valence-electron chi connectivity index (χ1n) is 6.46. The Morgan fingerprint density at radius 3 is 2.90 bits per heavy atom. The van der Waals surface area contributed by atoms with Crippen LogP contribution in [0.3, 0.4) is 0 Å². The van der Waals surface area contributed by atoms with Crippen LogP contribution in [0.15, 0.2) is 15.9 Å². The zero-order valence-electron chi connectivity index (χ0n) is 11.2. The lowest BCUT2D eigenvalue weighted by molar-refractivity contribution is -0.147. The maximum Gasteiger partial charge on any atom is 0.329 e. The quantitative estimate of drug-likeness (QED) is 0.866. The van der Waals surface area contributed by atoms with Gasteiger partial charge in [0.2, 0.25) is 0 Å². The predicted molar refractivity (Wildman–Crippen MR) is 81.1 cm³/mol. The lowest BCUT2D eigenvalue weighted by Crippen LogP contribution is -2.54. The molecule has 0 aliphatic carbocycles. The molecule has 2 heterocycles. The number of likely N-dealkylation sites (tertiary alicyclic amines) is 1. The number of hydrogen-bond acceptors (Lipinski definition) is 3. The lowest BCUT2D eigenvalue weighted by atomic mass is 10.00. The van der Waals surface area contributed by atoms with Crippen LogP contribution in [-0.2, 0) is 11.2 Å². The molecule has 1 aliphatic heterocycles. The zero-order valence-corrected chi connectivity index (χ0v) is 13.6. The molecule has 1 fully saturated rings. The fraction of sp³-hybridized carbons (Fsp3) is 0.538. The first-order valence-corrected chi connectivity index (χ1v) is 8.07. The van der Waals surface area contributed by atoms with E-state index in [4.69, 9.17) is 0 Å². The summed E-state index contributed by atoms with van der Waals surface area (Å²) < 4.78 is 1.07.